The number of nitrogens with one attached hydrogen (secondary N) is 2. The molecule has 3 atom stereocenters. The van der Waals surface area contributed by atoms with E-state index < -0.39 is 27.8 Å². The number of carbonyl (C=O) groups excluding carboxylic acids is 2. The smallest absolute Gasteiger partial charge is 0.407 e. The number of aryl methyl sites for hydroxylation is 1. The Kier molecular flexibility index (Phi) is 9.76. The Labute approximate surface area is 273 Å². The topological polar surface area (TPSA) is 138 Å². The molecule has 2 aromatic heterocycles. The third kappa shape index (κ3) is 8.14. The molecule has 14 heteroatoms. The molecule has 0 spiro atoms. The van der Waals surface area contributed by atoms with Gasteiger partial charge in [0.1, 0.15) is 11.6 Å². The lowest BCUT2D eigenvalue weighted by atomic mass is 9.97. The van der Waals surface area contributed by atoms with Crippen LogP contribution in [0, 0.1) is 12.8 Å². The maximum atomic E-state index is 14.1. The molecular weight excluding hydrogens is 662 g/mol. The number of alkyl carbamates (subject to hydrolysis) is 1. The average Bonchev–Trinajstić information content (AvgIpc) is 3.60. The summed E-state index contributed by atoms with van der Waals surface area (Å²) in [4.78, 5) is 35.1. The highest BCUT2D eigenvalue weighted by Crippen LogP contribution is 2.35. The number of ether oxygens (including phenoxy) is 1. The van der Waals surface area contributed by atoms with Gasteiger partial charge in [-0.05, 0) is 82.6 Å². The standard InChI is InChI=1S/C31H42BrN7O5S/c1-20-16-26-34-24(19-39(26)35-28(20)37-15-13-21(18-37)17-33-30(41)44-31(2,3)4)25-12-8-9-14-38(25)29(40)27(36-45(5,42)43)22-10-6-7-11-23(22)32/h6-7,10-11,16,19,21,25,27,36H,8-9,12-15,17-18H2,1-5H3,(H,33,41)/t21?,25-,27?/m0/s1. The van der Waals surface area contributed by atoms with Gasteiger partial charge in [0.2, 0.25) is 15.9 Å². The first-order valence-electron chi connectivity index (χ1n) is 15.3. The molecule has 12 nitrogen and oxygen atoms in total. The molecule has 2 fully saturated rings. The minimum atomic E-state index is -3.69. The van der Waals surface area contributed by atoms with E-state index in [2.05, 4.69) is 30.9 Å². The van der Waals surface area contributed by atoms with Crippen molar-refractivity contribution in [1.29, 1.82) is 0 Å². The number of piperidine rings is 1. The first kappa shape index (κ1) is 33.1. The summed E-state index contributed by atoms with van der Waals surface area (Å²) in [5.41, 5.74) is 2.41. The summed E-state index contributed by atoms with van der Waals surface area (Å²) < 4.78 is 35.0. The number of carbonyl (C=O) groups is 2. The number of amides is 2. The first-order valence-corrected chi connectivity index (χ1v) is 18.0. The van der Waals surface area contributed by atoms with Crippen LogP contribution in [0.3, 0.4) is 0 Å². The summed E-state index contributed by atoms with van der Waals surface area (Å²) in [6, 6.07) is 7.75. The van der Waals surface area contributed by atoms with Crippen LogP contribution in [0.4, 0.5) is 10.6 Å². The fourth-order valence-electron chi connectivity index (χ4n) is 6.07. The zero-order valence-electron chi connectivity index (χ0n) is 26.4. The van der Waals surface area contributed by atoms with Crippen LogP contribution in [0.15, 0.2) is 41.0 Å². The van der Waals surface area contributed by atoms with E-state index in [1.54, 1.807) is 27.6 Å². The van der Waals surface area contributed by atoms with Crippen LogP contribution in [-0.4, -0.2) is 78.0 Å². The number of hydrogen-bond donors (Lipinski definition) is 2. The Hall–Kier alpha value is -3.23. The lowest BCUT2D eigenvalue weighted by Gasteiger charge is -2.37. The molecule has 0 aliphatic carbocycles. The Balaban J connectivity index is 1.35. The lowest BCUT2D eigenvalue weighted by molar-refractivity contribution is -0.137. The van der Waals surface area contributed by atoms with Crippen molar-refractivity contribution in [2.75, 3.05) is 37.3 Å². The SMILES string of the molecule is Cc1cc2nc([C@@H]3CCCCN3C(=O)C(NS(C)(=O)=O)c3ccccc3Br)cn2nc1N1CCC(CNC(=O)OC(C)(C)C)C1. The first-order chi connectivity index (χ1) is 21.2. The number of imidazole rings is 1. The zero-order valence-corrected chi connectivity index (χ0v) is 28.8. The molecule has 3 aromatic rings. The number of anilines is 1. The van der Waals surface area contributed by atoms with E-state index in [-0.39, 0.29) is 17.9 Å². The molecule has 244 valence electrons. The van der Waals surface area contributed by atoms with E-state index in [1.807, 2.05) is 46.0 Å². The van der Waals surface area contributed by atoms with Gasteiger partial charge < -0.3 is 19.9 Å². The van der Waals surface area contributed by atoms with Crippen LogP contribution < -0.4 is 14.9 Å². The molecule has 2 aliphatic heterocycles. The third-order valence-corrected chi connectivity index (χ3v) is 9.46. The Morgan fingerprint density at radius 1 is 1.16 bits per heavy atom. The predicted molar refractivity (Wildman–Crippen MR) is 175 cm³/mol. The third-order valence-electron chi connectivity index (χ3n) is 8.08. The Bertz CT molecular complexity index is 1670. The van der Waals surface area contributed by atoms with Gasteiger partial charge in [-0.1, -0.05) is 34.1 Å². The highest BCUT2D eigenvalue weighted by atomic mass is 79.9. The van der Waals surface area contributed by atoms with Gasteiger partial charge >= 0.3 is 6.09 Å². The van der Waals surface area contributed by atoms with Crippen molar-refractivity contribution in [2.45, 2.75) is 71.1 Å². The van der Waals surface area contributed by atoms with E-state index in [4.69, 9.17) is 14.8 Å². The van der Waals surface area contributed by atoms with Crippen molar-refractivity contribution in [1.82, 2.24) is 29.5 Å². The molecule has 2 saturated heterocycles. The number of nitrogens with zero attached hydrogens (tertiary/aromatic N) is 5. The second kappa shape index (κ2) is 13.2. The minimum absolute atomic E-state index is 0.271. The zero-order chi connectivity index (χ0) is 32.5. The van der Waals surface area contributed by atoms with Crippen LogP contribution in [0.2, 0.25) is 0 Å². The number of halogens is 1. The van der Waals surface area contributed by atoms with Gasteiger partial charge in [0, 0.05) is 30.7 Å². The van der Waals surface area contributed by atoms with Crippen LogP contribution in [0.25, 0.3) is 5.65 Å². The number of aromatic nitrogens is 3. The van der Waals surface area contributed by atoms with E-state index in [9.17, 15) is 18.0 Å². The number of fused-ring (bicyclic) bond motifs is 1. The van der Waals surface area contributed by atoms with E-state index in [0.717, 1.165) is 55.7 Å². The number of sulfonamides is 1. The Morgan fingerprint density at radius 3 is 2.62 bits per heavy atom. The van der Waals surface area contributed by atoms with E-state index in [0.29, 0.717) is 35.2 Å². The summed E-state index contributed by atoms with van der Waals surface area (Å²) in [5.74, 6) is 0.809. The van der Waals surface area contributed by atoms with Gasteiger partial charge in [0.05, 0.1) is 24.2 Å². The van der Waals surface area contributed by atoms with E-state index >= 15 is 0 Å². The van der Waals surface area contributed by atoms with Crippen LogP contribution >= 0.6 is 15.9 Å². The summed E-state index contributed by atoms with van der Waals surface area (Å²) in [6.07, 6.45) is 5.90. The quantitative estimate of drug-likeness (QED) is 0.350. The number of likely N-dealkylation sites (tertiary alicyclic amines) is 1. The Morgan fingerprint density at radius 2 is 1.91 bits per heavy atom. The van der Waals surface area contributed by atoms with Gasteiger partial charge in [0.25, 0.3) is 0 Å². The van der Waals surface area contributed by atoms with Crippen molar-refractivity contribution in [3.8, 4) is 0 Å². The molecular formula is C31H42BrN7O5S. The molecule has 5 rings (SSSR count). The van der Waals surface area contributed by atoms with Gasteiger partial charge in [-0.25, -0.2) is 22.7 Å². The number of rotatable bonds is 8. The molecule has 2 aliphatic rings. The highest BCUT2D eigenvalue weighted by Gasteiger charge is 2.36. The summed E-state index contributed by atoms with van der Waals surface area (Å²) in [7, 11) is -3.69. The predicted octanol–water partition coefficient (Wildman–Crippen LogP) is 4.50. The van der Waals surface area contributed by atoms with Crippen molar-refractivity contribution < 1.29 is 22.7 Å². The summed E-state index contributed by atoms with van der Waals surface area (Å²) >= 11 is 3.49. The molecule has 4 heterocycles. The second-order valence-corrected chi connectivity index (χ2v) is 15.6. The summed E-state index contributed by atoms with van der Waals surface area (Å²) in [5, 5.41) is 7.82. The van der Waals surface area contributed by atoms with Crippen molar-refractivity contribution in [3.63, 3.8) is 0 Å². The molecule has 0 saturated carbocycles. The summed E-state index contributed by atoms with van der Waals surface area (Å²) in [6.45, 7) is 10.1. The average molecular weight is 705 g/mol. The second-order valence-electron chi connectivity index (χ2n) is 13.0. The highest BCUT2D eigenvalue weighted by molar-refractivity contribution is 9.10. The molecule has 2 N–H and O–H groups in total. The normalized spacial score (nSPS) is 20.0. The van der Waals surface area contributed by atoms with Crippen LogP contribution in [-0.2, 0) is 19.6 Å². The van der Waals surface area contributed by atoms with Gasteiger partial charge in [-0.3, -0.25) is 4.79 Å². The van der Waals surface area contributed by atoms with Crippen molar-refractivity contribution >= 4 is 49.4 Å². The molecule has 1 aromatic carbocycles. The van der Waals surface area contributed by atoms with Crippen molar-refractivity contribution in [2.24, 2.45) is 5.92 Å². The van der Waals surface area contributed by atoms with Crippen LogP contribution in [0.5, 0.6) is 0 Å². The lowest BCUT2D eigenvalue weighted by Crippen LogP contribution is -2.46. The number of hydrogen-bond acceptors (Lipinski definition) is 8. The minimum Gasteiger partial charge on any atom is -0.444 e. The monoisotopic (exact) mass is 703 g/mol. The molecule has 45 heavy (non-hydrogen) atoms. The van der Waals surface area contributed by atoms with Crippen LogP contribution in [0.1, 0.15) is 75.4 Å². The molecule has 2 unspecified atom stereocenters. The molecule has 0 radical (unpaired) electrons. The maximum Gasteiger partial charge on any atom is 0.407 e. The largest absolute Gasteiger partial charge is 0.444 e. The fraction of sp³-hybridized carbons (Fsp3) is 0.548. The fourth-order valence-corrected chi connectivity index (χ4v) is 7.24. The van der Waals surface area contributed by atoms with Gasteiger partial charge in [-0.15, -0.1) is 5.10 Å². The van der Waals surface area contributed by atoms with Crippen molar-refractivity contribution in [3.05, 3.63) is 57.8 Å². The van der Waals surface area contributed by atoms with E-state index in [1.165, 1.54) is 0 Å². The maximum absolute atomic E-state index is 14.1. The molecule has 0 bridgehead atoms. The molecule has 2 amide bonds. The van der Waals surface area contributed by atoms with Gasteiger partial charge in [0.15, 0.2) is 11.5 Å². The van der Waals surface area contributed by atoms with Gasteiger partial charge in [-0.2, -0.15) is 4.72 Å². The number of benzene rings is 1.